The van der Waals surface area contributed by atoms with E-state index in [2.05, 4.69) is 38.8 Å². The first-order valence-corrected chi connectivity index (χ1v) is 7.33. The summed E-state index contributed by atoms with van der Waals surface area (Å²) in [4.78, 5) is 0. The van der Waals surface area contributed by atoms with Gasteiger partial charge in [-0.15, -0.1) is 11.3 Å². The lowest BCUT2D eigenvalue weighted by atomic mass is 9.93. The first-order chi connectivity index (χ1) is 7.10. The van der Waals surface area contributed by atoms with Crippen molar-refractivity contribution in [3.8, 4) is 0 Å². The number of halogens is 2. The molecule has 0 fully saturated rings. The molecule has 1 aromatic heterocycles. The number of thiophene rings is 1. The Bertz CT molecular complexity index is 316. The van der Waals surface area contributed by atoms with E-state index < -0.39 is 6.10 Å². The lowest BCUT2D eigenvalue weighted by Gasteiger charge is -2.20. The van der Waals surface area contributed by atoms with Crippen LogP contribution in [-0.2, 0) is 0 Å². The molecule has 1 rings (SSSR count). The molecule has 0 saturated carbocycles. The summed E-state index contributed by atoms with van der Waals surface area (Å²) in [6.07, 6.45) is 1.53. The molecule has 0 saturated heterocycles. The van der Waals surface area contributed by atoms with Crippen molar-refractivity contribution < 1.29 is 5.11 Å². The van der Waals surface area contributed by atoms with Gasteiger partial charge in [0.1, 0.15) is 0 Å². The highest BCUT2D eigenvalue weighted by molar-refractivity contribution is 9.12. The van der Waals surface area contributed by atoms with Gasteiger partial charge in [-0.1, -0.05) is 13.3 Å². The van der Waals surface area contributed by atoms with Crippen LogP contribution in [0.3, 0.4) is 0 Å². The summed E-state index contributed by atoms with van der Waals surface area (Å²) in [5.74, 6) is 0.146. The molecule has 0 radical (unpaired) electrons. The van der Waals surface area contributed by atoms with E-state index in [1.54, 1.807) is 11.3 Å². The Balaban J connectivity index is 2.81. The molecule has 0 aliphatic heterocycles. The molecule has 3 N–H and O–H groups in total. The Morgan fingerprint density at radius 2 is 2.20 bits per heavy atom. The van der Waals surface area contributed by atoms with Gasteiger partial charge in [0.25, 0.3) is 0 Å². The summed E-state index contributed by atoms with van der Waals surface area (Å²) in [6.45, 7) is 2.63. The molecule has 5 heteroatoms. The second kappa shape index (κ2) is 6.35. The zero-order chi connectivity index (χ0) is 11.4. The number of rotatable bonds is 5. The van der Waals surface area contributed by atoms with Crippen molar-refractivity contribution >= 4 is 43.2 Å². The maximum Gasteiger partial charge on any atom is 0.0849 e. The molecule has 0 bridgehead atoms. The molecule has 2 nitrogen and oxygen atoms in total. The van der Waals surface area contributed by atoms with Crippen molar-refractivity contribution in [2.45, 2.75) is 25.9 Å². The Kier molecular flexibility index (Phi) is 5.77. The summed E-state index contributed by atoms with van der Waals surface area (Å²) in [5, 5.41) is 10.2. The number of aliphatic hydroxyl groups is 1. The van der Waals surface area contributed by atoms with Crippen LogP contribution < -0.4 is 5.73 Å². The highest BCUT2D eigenvalue weighted by atomic mass is 79.9. The standard InChI is InChI=1S/C10H15Br2NOS/c1-2-3-6(5-13)9(14)7-4-8(11)15-10(7)12/h4,6,9,14H,2-3,5,13H2,1H3. The molecule has 15 heavy (non-hydrogen) atoms. The van der Waals surface area contributed by atoms with Gasteiger partial charge in [-0.05, 0) is 50.9 Å². The van der Waals surface area contributed by atoms with Crippen LogP contribution in [-0.4, -0.2) is 11.7 Å². The zero-order valence-corrected chi connectivity index (χ0v) is 12.5. The Morgan fingerprint density at radius 3 is 2.60 bits per heavy atom. The third kappa shape index (κ3) is 3.53. The van der Waals surface area contributed by atoms with Crippen molar-refractivity contribution in [3.05, 3.63) is 19.2 Å². The van der Waals surface area contributed by atoms with E-state index in [1.807, 2.05) is 6.07 Å². The van der Waals surface area contributed by atoms with Crippen molar-refractivity contribution in [1.82, 2.24) is 0 Å². The number of hydrogen-bond acceptors (Lipinski definition) is 3. The first-order valence-electron chi connectivity index (χ1n) is 4.93. The number of nitrogens with two attached hydrogens (primary N) is 1. The van der Waals surface area contributed by atoms with Crippen LogP contribution in [0.5, 0.6) is 0 Å². The molecule has 1 heterocycles. The van der Waals surface area contributed by atoms with Gasteiger partial charge in [0, 0.05) is 11.5 Å². The fourth-order valence-corrected chi connectivity index (χ4v) is 4.49. The van der Waals surface area contributed by atoms with Crippen LogP contribution >= 0.6 is 43.2 Å². The number of aliphatic hydroxyl groups excluding tert-OH is 1. The van der Waals surface area contributed by atoms with Crippen LogP contribution in [0.15, 0.2) is 13.6 Å². The average molecular weight is 357 g/mol. The van der Waals surface area contributed by atoms with Gasteiger partial charge in [0.05, 0.1) is 13.7 Å². The average Bonchev–Trinajstić information content (AvgIpc) is 2.53. The van der Waals surface area contributed by atoms with Gasteiger partial charge in [0.2, 0.25) is 0 Å². The van der Waals surface area contributed by atoms with Crippen molar-refractivity contribution in [1.29, 1.82) is 0 Å². The predicted octanol–water partition coefficient (Wildman–Crippen LogP) is 3.68. The molecule has 0 aliphatic rings. The van der Waals surface area contributed by atoms with E-state index in [4.69, 9.17) is 5.73 Å². The topological polar surface area (TPSA) is 46.2 Å². The summed E-state index contributed by atoms with van der Waals surface area (Å²) in [6, 6.07) is 1.96. The monoisotopic (exact) mass is 355 g/mol. The van der Waals surface area contributed by atoms with Crippen LogP contribution in [0.25, 0.3) is 0 Å². The van der Waals surface area contributed by atoms with Gasteiger partial charge in [0.15, 0.2) is 0 Å². The molecule has 0 spiro atoms. The van der Waals surface area contributed by atoms with E-state index >= 15 is 0 Å². The quantitative estimate of drug-likeness (QED) is 0.845. The van der Waals surface area contributed by atoms with Gasteiger partial charge in [-0.25, -0.2) is 0 Å². The van der Waals surface area contributed by atoms with E-state index in [1.165, 1.54) is 0 Å². The summed E-state index contributed by atoms with van der Waals surface area (Å²) >= 11 is 8.44. The molecule has 2 atom stereocenters. The van der Waals surface area contributed by atoms with Crippen molar-refractivity contribution in [2.75, 3.05) is 6.54 Å². The molecule has 86 valence electrons. The van der Waals surface area contributed by atoms with Gasteiger partial charge < -0.3 is 10.8 Å². The molecular weight excluding hydrogens is 342 g/mol. The SMILES string of the molecule is CCCC(CN)C(O)c1cc(Br)sc1Br. The Hall–Kier alpha value is 0.580. The van der Waals surface area contributed by atoms with Gasteiger partial charge in [-0.2, -0.15) is 0 Å². The molecule has 0 aromatic carbocycles. The minimum atomic E-state index is -0.466. The maximum atomic E-state index is 10.2. The molecular formula is C10H15Br2NOS. The van der Waals surface area contributed by atoms with Crippen LogP contribution in [0, 0.1) is 5.92 Å². The Labute approximate surface area is 111 Å². The van der Waals surface area contributed by atoms with Crippen molar-refractivity contribution in [2.24, 2.45) is 11.7 Å². The molecule has 0 amide bonds. The summed E-state index contributed by atoms with van der Waals surface area (Å²) in [7, 11) is 0. The maximum absolute atomic E-state index is 10.2. The lowest BCUT2D eigenvalue weighted by Crippen LogP contribution is -2.21. The normalized spacial score (nSPS) is 15.3. The fraction of sp³-hybridized carbons (Fsp3) is 0.600. The first kappa shape index (κ1) is 13.6. The van der Waals surface area contributed by atoms with Crippen LogP contribution in [0.2, 0.25) is 0 Å². The molecule has 1 aromatic rings. The minimum absolute atomic E-state index is 0.146. The van der Waals surface area contributed by atoms with Gasteiger partial charge >= 0.3 is 0 Å². The van der Waals surface area contributed by atoms with Crippen LogP contribution in [0.4, 0.5) is 0 Å². The summed E-state index contributed by atoms with van der Waals surface area (Å²) < 4.78 is 2.01. The highest BCUT2D eigenvalue weighted by Crippen LogP contribution is 2.38. The largest absolute Gasteiger partial charge is 0.388 e. The third-order valence-corrected chi connectivity index (χ3v) is 4.80. The smallest absolute Gasteiger partial charge is 0.0849 e. The minimum Gasteiger partial charge on any atom is -0.388 e. The summed E-state index contributed by atoms with van der Waals surface area (Å²) in [5.41, 5.74) is 6.61. The van der Waals surface area contributed by atoms with Crippen LogP contribution in [0.1, 0.15) is 31.4 Å². The molecule has 0 aliphatic carbocycles. The van der Waals surface area contributed by atoms with E-state index in [0.717, 1.165) is 26.0 Å². The van der Waals surface area contributed by atoms with E-state index in [9.17, 15) is 5.11 Å². The second-order valence-electron chi connectivity index (χ2n) is 3.51. The van der Waals surface area contributed by atoms with E-state index in [0.29, 0.717) is 6.54 Å². The Morgan fingerprint density at radius 1 is 1.53 bits per heavy atom. The predicted molar refractivity (Wildman–Crippen MR) is 72.1 cm³/mol. The highest BCUT2D eigenvalue weighted by Gasteiger charge is 2.22. The third-order valence-electron chi connectivity index (χ3n) is 2.41. The zero-order valence-electron chi connectivity index (χ0n) is 8.54. The number of hydrogen-bond donors (Lipinski definition) is 2. The second-order valence-corrected chi connectivity index (χ2v) is 7.26. The van der Waals surface area contributed by atoms with E-state index in [-0.39, 0.29) is 5.92 Å². The van der Waals surface area contributed by atoms with Gasteiger partial charge in [-0.3, -0.25) is 0 Å². The molecule has 2 unspecified atom stereocenters. The fourth-order valence-electron chi connectivity index (χ4n) is 1.58. The lowest BCUT2D eigenvalue weighted by molar-refractivity contribution is 0.106. The van der Waals surface area contributed by atoms with Crippen molar-refractivity contribution in [3.63, 3.8) is 0 Å².